The molecule has 1 heterocycles. The maximum absolute atomic E-state index is 12.3. The minimum atomic E-state index is -0.247. The number of aromatic hydroxyl groups is 1. The Labute approximate surface area is 117 Å². The summed E-state index contributed by atoms with van der Waals surface area (Å²) in [6.45, 7) is 1.30. The highest BCUT2D eigenvalue weighted by Gasteiger charge is 2.19. The Morgan fingerprint density at radius 3 is 2.90 bits per heavy atom. The molecule has 0 radical (unpaired) electrons. The van der Waals surface area contributed by atoms with Gasteiger partial charge >= 0.3 is 0 Å². The molecule has 2 aromatic rings. The van der Waals surface area contributed by atoms with Crippen molar-refractivity contribution in [3.8, 4) is 5.75 Å². The van der Waals surface area contributed by atoms with E-state index < -0.39 is 0 Å². The fourth-order valence-electron chi connectivity index (χ4n) is 2.56. The first-order valence-electron chi connectivity index (χ1n) is 6.85. The van der Waals surface area contributed by atoms with E-state index in [9.17, 15) is 9.90 Å². The number of ether oxygens (including phenoxy) is 1. The highest BCUT2D eigenvalue weighted by molar-refractivity contribution is 6.03. The van der Waals surface area contributed by atoms with Crippen LogP contribution in [0.2, 0.25) is 0 Å². The van der Waals surface area contributed by atoms with Crippen LogP contribution >= 0.6 is 0 Å². The minimum absolute atomic E-state index is 0.0297. The lowest BCUT2D eigenvalue weighted by molar-refractivity contribution is 0.0623. The monoisotopic (exact) mass is 271 g/mol. The zero-order valence-corrected chi connectivity index (χ0v) is 11.1. The van der Waals surface area contributed by atoms with Gasteiger partial charge in [0, 0.05) is 12.0 Å². The summed E-state index contributed by atoms with van der Waals surface area (Å²) in [5, 5.41) is 14.8. The van der Waals surface area contributed by atoms with Crippen molar-refractivity contribution >= 4 is 16.7 Å². The number of rotatable bonds is 2. The van der Waals surface area contributed by atoms with E-state index in [1.807, 2.05) is 30.3 Å². The van der Waals surface area contributed by atoms with Gasteiger partial charge in [-0.05, 0) is 24.3 Å². The third kappa shape index (κ3) is 2.47. The van der Waals surface area contributed by atoms with Crippen molar-refractivity contribution in [1.82, 2.24) is 5.32 Å². The molecular formula is C16H17NO3. The Morgan fingerprint density at radius 2 is 2.10 bits per heavy atom. The highest BCUT2D eigenvalue weighted by atomic mass is 16.5. The van der Waals surface area contributed by atoms with E-state index in [2.05, 4.69) is 5.32 Å². The van der Waals surface area contributed by atoms with Gasteiger partial charge < -0.3 is 15.2 Å². The summed E-state index contributed by atoms with van der Waals surface area (Å²) in [7, 11) is 0. The van der Waals surface area contributed by atoms with Gasteiger partial charge in [0.2, 0.25) is 0 Å². The number of carbonyl (C=O) groups excluding carboxylic acids is 1. The van der Waals surface area contributed by atoms with Gasteiger partial charge in [0.25, 0.3) is 5.91 Å². The molecule has 0 saturated carbocycles. The molecule has 104 valence electrons. The van der Waals surface area contributed by atoms with Crippen LogP contribution < -0.4 is 5.32 Å². The normalized spacial score (nSPS) is 18.9. The molecule has 4 heteroatoms. The van der Waals surface area contributed by atoms with Gasteiger partial charge in [-0.2, -0.15) is 0 Å². The topological polar surface area (TPSA) is 58.6 Å². The first-order chi connectivity index (χ1) is 9.75. The summed E-state index contributed by atoms with van der Waals surface area (Å²) in [6, 6.07) is 11.0. The lowest BCUT2D eigenvalue weighted by Crippen LogP contribution is -2.40. The van der Waals surface area contributed by atoms with Crippen LogP contribution in [-0.2, 0) is 4.74 Å². The first-order valence-corrected chi connectivity index (χ1v) is 6.85. The smallest absolute Gasteiger partial charge is 0.255 e. The van der Waals surface area contributed by atoms with Crippen molar-refractivity contribution in [3.63, 3.8) is 0 Å². The summed E-state index contributed by atoms with van der Waals surface area (Å²) in [5.74, 6) is -0.207. The summed E-state index contributed by atoms with van der Waals surface area (Å²) in [4.78, 5) is 12.3. The fourth-order valence-corrected chi connectivity index (χ4v) is 2.56. The maximum atomic E-state index is 12.3. The van der Waals surface area contributed by atoms with Crippen molar-refractivity contribution in [2.45, 2.75) is 18.9 Å². The molecule has 1 aliphatic heterocycles. The van der Waals surface area contributed by atoms with Crippen LogP contribution in [0.15, 0.2) is 36.4 Å². The minimum Gasteiger partial charge on any atom is -0.506 e. The maximum Gasteiger partial charge on any atom is 0.255 e. The summed E-state index contributed by atoms with van der Waals surface area (Å²) in [6.07, 6.45) is 1.87. The molecule has 0 bridgehead atoms. The van der Waals surface area contributed by atoms with Crippen molar-refractivity contribution in [3.05, 3.63) is 42.0 Å². The Kier molecular flexibility index (Phi) is 3.56. The van der Waals surface area contributed by atoms with E-state index in [0.717, 1.165) is 24.8 Å². The molecule has 0 aliphatic carbocycles. The van der Waals surface area contributed by atoms with Gasteiger partial charge in [-0.15, -0.1) is 0 Å². The average molecular weight is 271 g/mol. The number of carbonyl (C=O) groups is 1. The number of fused-ring (bicyclic) bond motifs is 1. The molecule has 2 N–H and O–H groups in total. The Bertz CT molecular complexity index is 633. The molecule has 0 aromatic heterocycles. The van der Waals surface area contributed by atoms with Crippen LogP contribution in [0, 0.1) is 0 Å². The van der Waals surface area contributed by atoms with E-state index in [1.54, 1.807) is 6.07 Å². The van der Waals surface area contributed by atoms with Crippen molar-refractivity contribution < 1.29 is 14.6 Å². The molecule has 1 amide bonds. The highest BCUT2D eigenvalue weighted by Crippen LogP contribution is 2.28. The van der Waals surface area contributed by atoms with Crippen LogP contribution in [0.3, 0.4) is 0 Å². The van der Waals surface area contributed by atoms with Crippen LogP contribution in [0.1, 0.15) is 23.2 Å². The van der Waals surface area contributed by atoms with Gasteiger partial charge in [0.05, 0.1) is 18.2 Å². The zero-order chi connectivity index (χ0) is 13.9. The molecule has 1 fully saturated rings. The number of phenolic OH excluding ortho intramolecular Hbond substituents is 1. The van der Waals surface area contributed by atoms with E-state index in [1.165, 1.54) is 0 Å². The Hall–Kier alpha value is -2.07. The SMILES string of the molecule is O=C(NC1CCCOC1)c1ccc2ccccc2c1O. The van der Waals surface area contributed by atoms with Crippen LogP contribution in [0.4, 0.5) is 0 Å². The number of benzene rings is 2. The van der Waals surface area contributed by atoms with Gasteiger partial charge in [-0.3, -0.25) is 4.79 Å². The van der Waals surface area contributed by atoms with Gasteiger partial charge in [0.15, 0.2) is 0 Å². The quantitative estimate of drug-likeness (QED) is 0.882. The number of amides is 1. The average Bonchev–Trinajstić information content (AvgIpc) is 2.49. The van der Waals surface area contributed by atoms with Crippen molar-refractivity contribution in [1.29, 1.82) is 0 Å². The summed E-state index contributed by atoms with van der Waals surface area (Å²) >= 11 is 0. The molecule has 1 saturated heterocycles. The van der Waals surface area contributed by atoms with Gasteiger partial charge in [-0.25, -0.2) is 0 Å². The predicted octanol–water partition coefficient (Wildman–Crippen LogP) is 2.45. The lowest BCUT2D eigenvalue weighted by atomic mass is 10.0. The molecule has 20 heavy (non-hydrogen) atoms. The number of nitrogens with one attached hydrogen (secondary N) is 1. The number of hydrogen-bond acceptors (Lipinski definition) is 3. The second-order valence-corrected chi connectivity index (χ2v) is 5.07. The summed E-state index contributed by atoms with van der Waals surface area (Å²) in [5.41, 5.74) is 0.314. The largest absolute Gasteiger partial charge is 0.506 e. The first kappa shape index (κ1) is 12.9. The van der Waals surface area contributed by atoms with E-state index >= 15 is 0 Å². The molecule has 1 aliphatic rings. The predicted molar refractivity (Wildman–Crippen MR) is 76.9 cm³/mol. The zero-order valence-electron chi connectivity index (χ0n) is 11.1. The van der Waals surface area contributed by atoms with Crippen molar-refractivity contribution in [2.75, 3.05) is 13.2 Å². The molecule has 0 spiro atoms. The molecule has 1 unspecified atom stereocenters. The second-order valence-electron chi connectivity index (χ2n) is 5.07. The van der Waals surface area contributed by atoms with E-state index in [4.69, 9.17) is 4.74 Å². The third-order valence-corrected chi connectivity index (χ3v) is 3.64. The van der Waals surface area contributed by atoms with Crippen LogP contribution in [0.25, 0.3) is 10.8 Å². The van der Waals surface area contributed by atoms with E-state index in [0.29, 0.717) is 17.6 Å². The van der Waals surface area contributed by atoms with Gasteiger partial charge in [0.1, 0.15) is 5.75 Å². The molecule has 2 aromatic carbocycles. The molecule has 3 rings (SSSR count). The van der Waals surface area contributed by atoms with Gasteiger partial charge in [-0.1, -0.05) is 30.3 Å². The van der Waals surface area contributed by atoms with Crippen LogP contribution in [-0.4, -0.2) is 30.3 Å². The Morgan fingerprint density at radius 1 is 1.25 bits per heavy atom. The molecular weight excluding hydrogens is 254 g/mol. The molecule has 1 atom stereocenters. The Balaban J connectivity index is 1.85. The van der Waals surface area contributed by atoms with E-state index in [-0.39, 0.29) is 17.7 Å². The number of hydrogen-bond donors (Lipinski definition) is 2. The second kappa shape index (κ2) is 5.51. The summed E-state index contributed by atoms with van der Waals surface area (Å²) < 4.78 is 5.34. The van der Waals surface area contributed by atoms with Crippen LogP contribution in [0.5, 0.6) is 5.75 Å². The number of phenols is 1. The molecule has 4 nitrogen and oxygen atoms in total. The van der Waals surface area contributed by atoms with Crippen molar-refractivity contribution in [2.24, 2.45) is 0 Å². The third-order valence-electron chi connectivity index (χ3n) is 3.64. The fraction of sp³-hybridized carbons (Fsp3) is 0.312. The standard InChI is InChI=1S/C16H17NO3/c18-15-13-6-2-1-4-11(13)7-8-14(15)16(19)17-12-5-3-9-20-10-12/h1-2,4,6-8,12,18H,3,5,9-10H2,(H,17,19). The lowest BCUT2D eigenvalue weighted by Gasteiger charge is -2.23.